The second kappa shape index (κ2) is 44.1. The number of hydrogen-bond acceptors (Lipinski definition) is 19. The molecule has 0 saturated heterocycles. The summed E-state index contributed by atoms with van der Waals surface area (Å²) in [6.07, 6.45) is 9.24. The van der Waals surface area contributed by atoms with E-state index < -0.39 is 24.4 Å². The van der Waals surface area contributed by atoms with Crippen molar-refractivity contribution in [3.63, 3.8) is 0 Å². The van der Waals surface area contributed by atoms with Gasteiger partial charge in [0.1, 0.15) is 0 Å². The molecule has 116 heavy (non-hydrogen) atoms. The number of para-hydroxylation sites is 5. The fourth-order valence-corrected chi connectivity index (χ4v) is 15.7. The lowest BCUT2D eigenvalue weighted by Crippen LogP contribution is -2.30. The first-order chi connectivity index (χ1) is 56.7. The highest BCUT2D eigenvalue weighted by Gasteiger charge is 2.19. The number of rotatable bonds is 36. The van der Waals surface area contributed by atoms with Crippen LogP contribution in [0.15, 0.2) is 396 Å². The molecule has 4 N–H and O–H groups in total. The van der Waals surface area contributed by atoms with E-state index in [1.54, 1.807) is 72.7 Å². The van der Waals surface area contributed by atoms with Gasteiger partial charge in [-0.1, -0.05) is 175 Å². The van der Waals surface area contributed by atoms with Gasteiger partial charge in [0.2, 0.25) is 0 Å². The third kappa shape index (κ3) is 26.0. The first-order valence-corrected chi connectivity index (χ1v) is 43.6. The Morgan fingerprint density at radius 3 is 0.862 bits per heavy atom. The standard InChI is InChI=1S/C52H51N5O2S3.C45H45N5O2S2/c1-39-14-20-45(21-15-39)57(46-22-16-41(17-23-46)34-53-55(36-40(2)58)43-10-6-4-7-11-43)47-24-18-42(19-25-47)35-54-56(44-12-8-5-9-13-44)37-48(59)38-61-50-28-32-52(33-29-50)62-51-30-26-49(60-3)27-31-51;1-35(51)32-48(38-13-6-3-7-14-38)46-30-36-21-25-41(26-22-36)50(40-17-10-5-11-18-40)42-27-23-37(24-28-42)31-47-49(39-15-8-4-9-16-39)33-43(52)34-54-45-20-12-19-44(29-45)53-2/h4-35,40,48,58-59H,36-38H2,1-3H3;3-31,35,43,51-52H,32-34H2,1-2H3/b53-34-,54-35-;46-30-,47-31-. The number of thioether (sulfide) groups is 4. The SMILES string of the molecule is CSc1ccc(Sc2ccc(SCC(O)CN(/N=C\c3ccc(N(c4ccc(C)cc4)c4ccc(/C=N\N(CC(C)O)c5ccccc5)cc4)cc3)c3ccccc3)cc2)cc1.CSc1cccc(SCC(O)CN(/N=C\c2ccc(N(c3ccccc3)c3ccc(/C=N\N(CC(C)O)c4ccccc4)cc3)cc2)c2ccccc2)c1. The summed E-state index contributed by atoms with van der Waals surface area (Å²) < 4.78 is 0. The van der Waals surface area contributed by atoms with E-state index in [1.807, 2.05) is 197 Å². The number of benzene rings is 13. The van der Waals surface area contributed by atoms with Crippen LogP contribution in [0.3, 0.4) is 0 Å². The summed E-state index contributed by atoms with van der Waals surface area (Å²) >= 11 is 8.51. The molecule has 0 aliphatic rings. The lowest BCUT2D eigenvalue weighted by Gasteiger charge is -2.26. The summed E-state index contributed by atoms with van der Waals surface area (Å²) in [5.41, 5.74) is 14.7. The quantitative estimate of drug-likeness (QED) is 0.0167. The summed E-state index contributed by atoms with van der Waals surface area (Å²) in [6.45, 7) is 7.10. The van der Waals surface area contributed by atoms with E-state index in [4.69, 9.17) is 20.4 Å². The molecule has 588 valence electrons. The molecular weight excluding hydrogens is 1530 g/mol. The molecule has 0 aliphatic carbocycles. The van der Waals surface area contributed by atoms with Gasteiger partial charge in [-0.15, -0.1) is 47.0 Å². The number of anilines is 10. The predicted molar refractivity (Wildman–Crippen MR) is 496 cm³/mol. The smallest absolute Gasteiger partial charge is 0.0830 e. The summed E-state index contributed by atoms with van der Waals surface area (Å²) in [5.74, 6) is 1.09. The van der Waals surface area contributed by atoms with Crippen LogP contribution in [-0.2, 0) is 0 Å². The van der Waals surface area contributed by atoms with Crippen LogP contribution in [0.1, 0.15) is 41.7 Å². The van der Waals surface area contributed by atoms with Crippen LogP contribution < -0.4 is 29.8 Å². The first-order valence-electron chi connectivity index (χ1n) is 38.4. The molecule has 19 heteroatoms. The summed E-state index contributed by atoms with van der Waals surface area (Å²) in [7, 11) is 0. The van der Waals surface area contributed by atoms with Crippen LogP contribution in [0.4, 0.5) is 56.9 Å². The molecule has 0 fully saturated rings. The highest BCUT2D eigenvalue weighted by molar-refractivity contribution is 8.00. The number of aryl methyl sites for hydroxylation is 1. The number of hydrazone groups is 4. The monoisotopic (exact) mass is 1620 g/mol. The molecule has 0 saturated carbocycles. The summed E-state index contributed by atoms with van der Waals surface area (Å²) in [4.78, 5) is 11.6. The number of aliphatic hydroxyl groups is 4. The molecule has 13 aromatic carbocycles. The van der Waals surface area contributed by atoms with E-state index in [1.165, 1.54) is 25.1 Å². The molecule has 0 aliphatic heterocycles. The van der Waals surface area contributed by atoms with E-state index in [-0.39, 0.29) is 0 Å². The van der Waals surface area contributed by atoms with Gasteiger partial charge >= 0.3 is 0 Å². The Hall–Kier alpha value is -11.1. The van der Waals surface area contributed by atoms with Gasteiger partial charge < -0.3 is 30.2 Å². The average molecular weight is 1630 g/mol. The molecule has 13 aromatic rings. The molecule has 0 spiro atoms. The average Bonchev–Trinajstić information content (AvgIpc) is 0.807. The topological polar surface area (TPSA) is 150 Å². The van der Waals surface area contributed by atoms with Crippen LogP contribution in [0.25, 0.3) is 0 Å². The predicted octanol–water partition coefficient (Wildman–Crippen LogP) is 22.6. The molecule has 4 unspecified atom stereocenters. The Labute approximate surface area is 704 Å². The molecule has 0 radical (unpaired) electrons. The zero-order chi connectivity index (χ0) is 80.6. The minimum absolute atomic E-state index is 0.346. The van der Waals surface area contributed by atoms with Crippen LogP contribution in [-0.4, -0.2) is 120 Å². The van der Waals surface area contributed by atoms with Gasteiger partial charge in [0.05, 0.1) is 98.2 Å². The maximum absolute atomic E-state index is 11.2. The highest BCUT2D eigenvalue weighted by Crippen LogP contribution is 2.38. The second-order valence-corrected chi connectivity index (χ2v) is 32.5. The van der Waals surface area contributed by atoms with E-state index >= 15 is 0 Å². The molecule has 0 bridgehead atoms. The lowest BCUT2D eigenvalue weighted by molar-refractivity contribution is 0.200. The molecule has 13 rings (SSSR count). The number of hydrogen-bond donors (Lipinski definition) is 4. The van der Waals surface area contributed by atoms with Crippen LogP contribution in [0.5, 0.6) is 0 Å². The van der Waals surface area contributed by atoms with Gasteiger partial charge in [-0.05, 0) is 244 Å². The van der Waals surface area contributed by atoms with Crippen molar-refractivity contribution in [1.82, 2.24) is 0 Å². The Morgan fingerprint density at radius 2 is 0.543 bits per heavy atom. The Bertz CT molecular complexity index is 5190. The lowest BCUT2D eigenvalue weighted by atomic mass is 10.1. The van der Waals surface area contributed by atoms with Crippen LogP contribution >= 0.6 is 58.8 Å². The fourth-order valence-electron chi connectivity index (χ4n) is 12.3. The third-order valence-electron chi connectivity index (χ3n) is 18.2. The Morgan fingerprint density at radius 1 is 0.276 bits per heavy atom. The molecule has 0 amide bonds. The van der Waals surface area contributed by atoms with Gasteiger partial charge in [-0.2, -0.15) is 20.4 Å². The fraction of sp³-hybridized carbons (Fsp3) is 0.155. The van der Waals surface area contributed by atoms with E-state index in [0.29, 0.717) is 37.7 Å². The molecule has 4 atom stereocenters. The van der Waals surface area contributed by atoms with Gasteiger partial charge in [-0.25, -0.2) is 0 Å². The Kier molecular flexibility index (Phi) is 32.1. The normalized spacial score (nSPS) is 12.5. The number of nitrogens with zero attached hydrogens (tertiary/aromatic N) is 10. The summed E-state index contributed by atoms with van der Waals surface area (Å²) in [6, 6.07) is 117. The van der Waals surface area contributed by atoms with Crippen molar-refractivity contribution < 1.29 is 20.4 Å². The van der Waals surface area contributed by atoms with Gasteiger partial charge in [0.15, 0.2) is 0 Å². The largest absolute Gasteiger partial charge is 0.391 e. The maximum Gasteiger partial charge on any atom is 0.0830 e. The zero-order valence-electron chi connectivity index (χ0n) is 65.6. The van der Waals surface area contributed by atoms with Crippen LogP contribution in [0.2, 0.25) is 0 Å². The van der Waals surface area contributed by atoms with Gasteiger partial charge in [0.25, 0.3) is 0 Å². The Balaban J connectivity index is 0.000000216. The van der Waals surface area contributed by atoms with E-state index in [9.17, 15) is 20.4 Å². The van der Waals surface area contributed by atoms with E-state index in [2.05, 4.69) is 223 Å². The van der Waals surface area contributed by atoms with Gasteiger partial charge in [-0.3, -0.25) is 20.0 Å². The van der Waals surface area contributed by atoms with Crippen molar-refractivity contribution in [3.8, 4) is 0 Å². The molecule has 0 heterocycles. The minimum atomic E-state index is -0.614. The highest BCUT2D eigenvalue weighted by atomic mass is 32.2. The van der Waals surface area contributed by atoms with Crippen molar-refractivity contribution in [2.24, 2.45) is 20.4 Å². The zero-order valence-corrected chi connectivity index (χ0v) is 69.7. The summed E-state index contributed by atoms with van der Waals surface area (Å²) in [5, 5.41) is 69.0. The molecule has 14 nitrogen and oxygen atoms in total. The first kappa shape index (κ1) is 84.3. The molecule has 0 aromatic heterocycles. The molecular formula is C97H96N10O4S5. The minimum Gasteiger partial charge on any atom is -0.391 e. The van der Waals surface area contributed by atoms with Crippen molar-refractivity contribution in [2.75, 3.05) is 80.0 Å². The van der Waals surface area contributed by atoms with Gasteiger partial charge in [0, 0.05) is 75.0 Å². The van der Waals surface area contributed by atoms with Crippen molar-refractivity contribution in [2.45, 2.75) is 74.6 Å². The maximum atomic E-state index is 11.2. The van der Waals surface area contributed by atoms with E-state index in [0.717, 1.165) is 88.9 Å². The van der Waals surface area contributed by atoms with Crippen LogP contribution in [0, 0.1) is 6.92 Å². The van der Waals surface area contributed by atoms with Crippen molar-refractivity contribution >= 4 is 141 Å². The van der Waals surface area contributed by atoms with Crippen molar-refractivity contribution in [1.29, 1.82) is 0 Å². The third-order valence-corrected chi connectivity index (χ3v) is 23.0. The second-order valence-electron chi connectivity index (χ2n) is 27.4. The number of aliphatic hydroxyl groups excluding tert-OH is 4. The van der Waals surface area contributed by atoms with Crippen molar-refractivity contribution in [3.05, 3.63) is 374 Å².